The maximum atomic E-state index is 14.4. The molecule has 0 aliphatic carbocycles. The molecule has 25 heavy (non-hydrogen) atoms. The minimum absolute atomic E-state index is 0.0161. The first-order chi connectivity index (χ1) is 11.8. The number of fused-ring (bicyclic) bond motifs is 1. The first kappa shape index (κ1) is 17.0. The van der Waals surface area contributed by atoms with Crippen molar-refractivity contribution in [3.63, 3.8) is 0 Å². The second kappa shape index (κ2) is 6.22. The van der Waals surface area contributed by atoms with Crippen LogP contribution in [-0.4, -0.2) is 21.0 Å². The number of hydrogen-bond donors (Lipinski definition) is 0. The van der Waals surface area contributed by atoms with Gasteiger partial charge in [-0.2, -0.15) is 13.9 Å². The Morgan fingerprint density at radius 3 is 2.84 bits per heavy atom. The van der Waals surface area contributed by atoms with Crippen LogP contribution in [0.15, 0.2) is 21.3 Å². The number of rotatable bonds is 4. The van der Waals surface area contributed by atoms with E-state index in [9.17, 15) is 18.0 Å². The SMILES string of the molecule is C#CCn1c(=O)oc2cc(F)c(-c3nn(C)c(OC(F)F)c3Cl)cc21. The van der Waals surface area contributed by atoms with Crippen molar-refractivity contribution in [2.45, 2.75) is 13.2 Å². The fourth-order valence-corrected chi connectivity index (χ4v) is 2.68. The molecule has 0 aliphatic heterocycles. The van der Waals surface area contributed by atoms with Gasteiger partial charge in [0.1, 0.15) is 16.5 Å². The summed E-state index contributed by atoms with van der Waals surface area (Å²) in [6.07, 6.45) is 5.20. The molecule has 6 nitrogen and oxygen atoms in total. The van der Waals surface area contributed by atoms with Gasteiger partial charge in [-0.3, -0.25) is 4.57 Å². The summed E-state index contributed by atoms with van der Waals surface area (Å²) < 4.78 is 50.6. The maximum Gasteiger partial charge on any atom is 0.420 e. The summed E-state index contributed by atoms with van der Waals surface area (Å²) in [5, 5.41) is 3.62. The van der Waals surface area contributed by atoms with Gasteiger partial charge in [-0.05, 0) is 6.07 Å². The number of halogens is 4. The monoisotopic (exact) mass is 371 g/mol. The second-order valence-electron chi connectivity index (χ2n) is 4.93. The van der Waals surface area contributed by atoms with Crippen LogP contribution in [-0.2, 0) is 13.6 Å². The Bertz CT molecular complexity index is 1060. The van der Waals surface area contributed by atoms with Gasteiger partial charge in [-0.1, -0.05) is 17.5 Å². The molecule has 0 radical (unpaired) electrons. The Morgan fingerprint density at radius 2 is 2.20 bits per heavy atom. The zero-order valence-corrected chi connectivity index (χ0v) is 13.4. The summed E-state index contributed by atoms with van der Waals surface area (Å²) in [4.78, 5) is 11.8. The Hall–Kier alpha value is -2.86. The zero-order chi connectivity index (χ0) is 18.3. The molecule has 0 amide bonds. The van der Waals surface area contributed by atoms with Crippen LogP contribution in [0, 0.1) is 18.2 Å². The molecule has 0 atom stereocenters. The molecule has 0 N–H and O–H groups in total. The van der Waals surface area contributed by atoms with Crippen molar-refractivity contribution >= 4 is 22.7 Å². The average Bonchev–Trinajstić information content (AvgIpc) is 2.97. The molecule has 1 aromatic carbocycles. The first-order valence-corrected chi connectivity index (χ1v) is 7.15. The van der Waals surface area contributed by atoms with Crippen molar-refractivity contribution in [3.05, 3.63) is 33.5 Å². The molecule has 0 saturated heterocycles. The maximum absolute atomic E-state index is 14.4. The molecule has 0 aliphatic rings. The van der Waals surface area contributed by atoms with E-state index in [0.29, 0.717) is 0 Å². The molecule has 3 rings (SSSR count). The van der Waals surface area contributed by atoms with E-state index in [4.69, 9.17) is 22.4 Å². The fourth-order valence-electron chi connectivity index (χ4n) is 2.37. The molecule has 2 heterocycles. The van der Waals surface area contributed by atoms with Gasteiger partial charge in [0, 0.05) is 18.7 Å². The van der Waals surface area contributed by atoms with Crippen LogP contribution in [0.3, 0.4) is 0 Å². The normalized spacial score (nSPS) is 11.2. The van der Waals surface area contributed by atoms with Crippen LogP contribution in [0.1, 0.15) is 0 Å². The second-order valence-corrected chi connectivity index (χ2v) is 5.31. The molecule has 0 bridgehead atoms. The van der Waals surface area contributed by atoms with E-state index in [2.05, 4.69) is 15.8 Å². The highest BCUT2D eigenvalue weighted by Gasteiger charge is 2.24. The van der Waals surface area contributed by atoms with E-state index in [1.807, 2.05) is 0 Å². The van der Waals surface area contributed by atoms with E-state index in [-0.39, 0.29) is 33.9 Å². The van der Waals surface area contributed by atoms with Gasteiger partial charge < -0.3 is 9.15 Å². The Balaban J connectivity index is 2.23. The number of hydrogen-bond acceptors (Lipinski definition) is 4. The lowest BCUT2D eigenvalue weighted by Gasteiger charge is -2.04. The molecule has 10 heteroatoms. The predicted octanol–water partition coefficient (Wildman–Crippen LogP) is 3.02. The average molecular weight is 372 g/mol. The van der Waals surface area contributed by atoms with Crippen molar-refractivity contribution in [1.82, 2.24) is 14.3 Å². The van der Waals surface area contributed by atoms with E-state index >= 15 is 0 Å². The van der Waals surface area contributed by atoms with Crippen LogP contribution in [0.2, 0.25) is 5.02 Å². The third-order valence-corrected chi connectivity index (χ3v) is 3.74. The minimum Gasteiger partial charge on any atom is -0.416 e. The largest absolute Gasteiger partial charge is 0.420 e. The molecule has 2 aromatic heterocycles. The molecule has 0 fully saturated rings. The number of ether oxygens (including phenoxy) is 1. The molecular formula is C15H9ClF3N3O3. The summed E-state index contributed by atoms with van der Waals surface area (Å²) in [7, 11) is 1.32. The van der Waals surface area contributed by atoms with E-state index in [1.165, 1.54) is 13.1 Å². The van der Waals surface area contributed by atoms with Crippen LogP contribution in [0.4, 0.5) is 13.2 Å². The Morgan fingerprint density at radius 1 is 1.48 bits per heavy atom. The summed E-state index contributed by atoms with van der Waals surface area (Å²) in [5.74, 6) is 0.307. The topological polar surface area (TPSA) is 62.2 Å². The van der Waals surface area contributed by atoms with E-state index < -0.39 is 24.1 Å². The number of aromatic nitrogens is 3. The molecule has 3 aromatic rings. The lowest BCUT2D eigenvalue weighted by atomic mass is 10.1. The van der Waals surface area contributed by atoms with E-state index in [0.717, 1.165) is 15.3 Å². The van der Waals surface area contributed by atoms with Gasteiger partial charge in [0.2, 0.25) is 5.88 Å². The van der Waals surface area contributed by atoms with Gasteiger partial charge in [0.05, 0.1) is 12.1 Å². The van der Waals surface area contributed by atoms with E-state index in [1.54, 1.807) is 0 Å². The highest BCUT2D eigenvalue weighted by Crippen LogP contribution is 2.37. The highest BCUT2D eigenvalue weighted by atomic mass is 35.5. The standard InChI is InChI=1S/C15H9ClF3N3O3/c1-3-4-22-9-5-7(8(17)6-10(9)24-15(22)23)12-11(16)13(21(2)20-12)25-14(18)19/h1,5-6,14H,4H2,2H3. The van der Waals surface area contributed by atoms with Gasteiger partial charge >= 0.3 is 12.4 Å². The minimum atomic E-state index is -3.12. The van der Waals surface area contributed by atoms with Crippen molar-refractivity contribution in [3.8, 4) is 29.5 Å². The van der Waals surface area contributed by atoms with Crippen molar-refractivity contribution in [2.75, 3.05) is 0 Å². The summed E-state index contributed by atoms with van der Waals surface area (Å²) >= 11 is 6.00. The number of nitrogens with zero attached hydrogens (tertiary/aromatic N) is 3. The van der Waals surface area contributed by atoms with Crippen LogP contribution < -0.4 is 10.5 Å². The van der Waals surface area contributed by atoms with Gasteiger partial charge in [-0.15, -0.1) is 6.42 Å². The Labute approximate surface area is 143 Å². The first-order valence-electron chi connectivity index (χ1n) is 6.77. The number of alkyl halides is 2. The number of aryl methyl sites for hydroxylation is 1. The quantitative estimate of drug-likeness (QED) is 0.661. The van der Waals surface area contributed by atoms with Crippen LogP contribution in [0.5, 0.6) is 5.88 Å². The Kier molecular flexibility index (Phi) is 4.22. The fraction of sp³-hybridized carbons (Fsp3) is 0.200. The van der Waals surface area contributed by atoms with Crippen molar-refractivity contribution in [2.24, 2.45) is 7.05 Å². The van der Waals surface area contributed by atoms with Crippen LogP contribution >= 0.6 is 11.6 Å². The molecule has 0 spiro atoms. The van der Waals surface area contributed by atoms with Gasteiger partial charge in [0.15, 0.2) is 5.58 Å². The van der Waals surface area contributed by atoms with Crippen LogP contribution in [0.25, 0.3) is 22.4 Å². The third kappa shape index (κ3) is 2.85. The number of terminal acetylenes is 1. The third-order valence-electron chi connectivity index (χ3n) is 3.40. The lowest BCUT2D eigenvalue weighted by molar-refractivity contribution is -0.0552. The molecule has 0 unspecified atom stereocenters. The highest BCUT2D eigenvalue weighted by molar-refractivity contribution is 6.34. The summed E-state index contributed by atoms with van der Waals surface area (Å²) in [5.41, 5.74) is -0.0427. The smallest absolute Gasteiger partial charge is 0.416 e. The molecule has 130 valence electrons. The van der Waals surface area contributed by atoms with Gasteiger partial charge in [-0.25, -0.2) is 13.9 Å². The lowest BCUT2D eigenvalue weighted by Crippen LogP contribution is -2.12. The van der Waals surface area contributed by atoms with Crippen molar-refractivity contribution < 1.29 is 22.3 Å². The zero-order valence-electron chi connectivity index (χ0n) is 12.6. The summed E-state index contributed by atoms with van der Waals surface area (Å²) in [6, 6.07) is 2.23. The predicted molar refractivity (Wildman–Crippen MR) is 83.1 cm³/mol. The molecular weight excluding hydrogens is 363 g/mol. The summed E-state index contributed by atoms with van der Waals surface area (Å²) in [6.45, 7) is -3.21. The number of oxazole rings is 1. The molecule has 0 saturated carbocycles. The van der Waals surface area contributed by atoms with Crippen molar-refractivity contribution in [1.29, 1.82) is 0 Å². The van der Waals surface area contributed by atoms with Gasteiger partial charge in [0.25, 0.3) is 0 Å². The number of benzene rings is 1.